The van der Waals surface area contributed by atoms with Crippen molar-refractivity contribution in [1.29, 1.82) is 0 Å². The number of aromatic nitrogens is 2. The van der Waals surface area contributed by atoms with Gasteiger partial charge in [0.25, 0.3) is 0 Å². The first kappa shape index (κ1) is 14.1. The first-order valence-corrected chi connectivity index (χ1v) is 8.88. The summed E-state index contributed by atoms with van der Waals surface area (Å²) >= 11 is 4.90. The van der Waals surface area contributed by atoms with Gasteiger partial charge in [0.1, 0.15) is 0 Å². The Morgan fingerprint density at radius 1 is 1.39 bits per heavy atom. The van der Waals surface area contributed by atoms with E-state index in [-0.39, 0.29) is 11.2 Å². The summed E-state index contributed by atoms with van der Waals surface area (Å²) in [4.78, 5) is 11.8. The van der Waals surface area contributed by atoms with E-state index in [0.29, 0.717) is 0 Å². The van der Waals surface area contributed by atoms with E-state index >= 15 is 0 Å². The van der Waals surface area contributed by atoms with E-state index in [1.165, 1.54) is 0 Å². The number of nitrogens with zero attached hydrogens (tertiary/aromatic N) is 2. The minimum absolute atomic E-state index is 0.00414. The molecule has 0 saturated carbocycles. The van der Waals surface area contributed by atoms with Gasteiger partial charge in [-0.25, -0.2) is 0 Å². The smallest absolute Gasteiger partial charge is 0.233 e. The monoisotopic (exact) mass is 303 g/mol. The summed E-state index contributed by atoms with van der Waals surface area (Å²) in [5.41, 5.74) is 0. The average molecular weight is 303 g/mol. The molecule has 1 fully saturated rings. The van der Waals surface area contributed by atoms with Crippen LogP contribution in [0.2, 0.25) is 0 Å². The first-order chi connectivity index (χ1) is 8.79. The molecule has 18 heavy (non-hydrogen) atoms. The van der Waals surface area contributed by atoms with Crippen LogP contribution in [-0.4, -0.2) is 33.7 Å². The quantitative estimate of drug-likeness (QED) is 0.848. The van der Waals surface area contributed by atoms with E-state index in [1.807, 2.05) is 0 Å². The van der Waals surface area contributed by atoms with Crippen molar-refractivity contribution in [1.82, 2.24) is 15.5 Å². The van der Waals surface area contributed by atoms with Crippen LogP contribution in [0.25, 0.3) is 0 Å². The van der Waals surface area contributed by atoms with Crippen molar-refractivity contribution < 1.29 is 4.79 Å². The van der Waals surface area contributed by atoms with Crippen LogP contribution < -0.4 is 5.32 Å². The van der Waals surface area contributed by atoms with Gasteiger partial charge in [0.2, 0.25) is 5.91 Å². The summed E-state index contributed by atoms with van der Waals surface area (Å²) < 4.78 is 1.92. The molecule has 0 bridgehead atoms. The van der Waals surface area contributed by atoms with Crippen molar-refractivity contribution in [3.05, 3.63) is 0 Å². The molecule has 1 saturated heterocycles. The third-order valence-corrected chi connectivity index (χ3v) is 6.16. The number of hydrogen-bond acceptors (Lipinski definition) is 6. The van der Waals surface area contributed by atoms with Gasteiger partial charge in [-0.3, -0.25) is 4.79 Å². The summed E-state index contributed by atoms with van der Waals surface area (Å²) in [5, 5.41) is 11.3. The fourth-order valence-electron chi connectivity index (χ4n) is 1.64. The molecule has 0 aromatic carbocycles. The molecule has 4 nitrogen and oxygen atoms in total. The lowest BCUT2D eigenvalue weighted by Gasteiger charge is -2.09. The molecular weight excluding hydrogens is 286 g/mol. The van der Waals surface area contributed by atoms with Crippen LogP contribution in [0.5, 0.6) is 0 Å². The molecule has 1 aromatic rings. The van der Waals surface area contributed by atoms with Crippen molar-refractivity contribution in [3.8, 4) is 0 Å². The molecule has 2 heterocycles. The molecule has 1 aliphatic heterocycles. The number of thioether (sulfide) groups is 2. The Hall–Kier alpha value is -0.270. The molecule has 1 amide bonds. The molecule has 0 spiro atoms. The maximum absolute atomic E-state index is 11.8. The second-order valence-electron chi connectivity index (χ2n) is 4.08. The Morgan fingerprint density at radius 2 is 2.22 bits per heavy atom. The van der Waals surface area contributed by atoms with Gasteiger partial charge in [0.15, 0.2) is 8.68 Å². The molecule has 2 rings (SSSR count). The lowest BCUT2D eigenvalue weighted by Crippen LogP contribution is -2.30. The topological polar surface area (TPSA) is 54.9 Å². The van der Waals surface area contributed by atoms with E-state index in [2.05, 4.69) is 22.4 Å². The summed E-state index contributed by atoms with van der Waals surface area (Å²) in [6.07, 6.45) is 4.26. The highest BCUT2D eigenvalue weighted by molar-refractivity contribution is 8.03. The summed E-state index contributed by atoms with van der Waals surface area (Å²) in [5.74, 6) is 1.22. The lowest BCUT2D eigenvalue weighted by atomic mass is 10.2. The van der Waals surface area contributed by atoms with Crippen LogP contribution in [0.15, 0.2) is 8.68 Å². The van der Waals surface area contributed by atoms with Crippen LogP contribution in [0, 0.1) is 0 Å². The normalized spacial score (nSPS) is 20.5. The minimum atomic E-state index is 0.00414. The maximum atomic E-state index is 11.8. The second-order valence-corrected chi connectivity index (χ2v) is 7.85. The standard InChI is InChI=1S/C11H17N3OS3/c1-2-7-16-10-13-14-11(18-10)17-8-5-3-4-6-12-9(8)15/h8H,2-7H2,1H3,(H,12,15)/t8-/m0/s1. The molecular formula is C11H17N3OS3. The average Bonchev–Trinajstić information content (AvgIpc) is 2.72. The maximum Gasteiger partial charge on any atom is 0.233 e. The van der Waals surface area contributed by atoms with E-state index in [0.717, 1.165) is 46.7 Å². The Morgan fingerprint density at radius 3 is 3.06 bits per heavy atom. The molecule has 0 radical (unpaired) electrons. The largest absolute Gasteiger partial charge is 0.355 e. The molecule has 1 aromatic heterocycles. The Balaban J connectivity index is 1.91. The fourth-order valence-corrected chi connectivity index (χ4v) is 4.89. The lowest BCUT2D eigenvalue weighted by molar-refractivity contribution is -0.120. The molecule has 1 atom stereocenters. The van der Waals surface area contributed by atoms with Gasteiger partial charge >= 0.3 is 0 Å². The van der Waals surface area contributed by atoms with Crippen LogP contribution >= 0.6 is 34.9 Å². The van der Waals surface area contributed by atoms with Crippen LogP contribution in [0.1, 0.15) is 32.6 Å². The van der Waals surface area contributed by atoms with Gasteiger partial charge < -0.3 is 5.32 Å². The van der Waals surface area contributed by atoms with Crippen molar-refractivity contribution in [2.75, 3.05) is 12.3 Å². The molecule has 100 valence electrons. The minimum Gasteiger partial charge on any atom is -0.355 e. The Bertz CT molecular complexity index is 397. The van der Waals surface area contributed by atoms with Gasteiger partial charge in [-0.15, -0.1) is 10.2 Å². The van der Waals surface area contributed by atoms with E-state index < -0.39 is 0 Å². The zero-order chi connectivity index (χ0) is 12.8. The number of rotatable bonds is 5. The van der Waals surface area contributed by atoms with Crippen LogP contribution in [0.3, 0.4) is 0 Å². The number of amides is 1. The number of hydrogen-bond donors (Lipinski definition) is 1. The predicted molar refractivity (Wildman–Crippen MR) is 77.4 cm³/mol. The van der Waals surface area contributed by atoms with E-state index in [4.69, 9.17) is 0 Å². The summed E-state index contributed by atoms with van der Waals surface area (Å²) in [7, 11) is 0. The van der Waals surface area contributed by atoms with Gasteiger partial charge in [0, 0.05) is 12.3 Å². The number of carbonyl (C=O) groups is 1. The van der Waals surface area contributed by atoms with Gasteiger partial charge in [0.05, 0.1) is 5.25 Å². The zero-order valence-corrected chi connectivity index (χ0v) is 12.8. The number of nitrogens with one attached hydrogen (secondary N) is 1. The van der Waals surface area contributed by atoms with Crippen molar-refractivity contribution in [3.63, 3.8) is 0 Å². The SMILES string of the molecule is CCCSc1nnc(S[C@H]2CCCCNC2=O)s1. The van der Waals surface area contributed by atoms with Gasteiger partial charge in [-0.05, 0) is 19.3 Å². The van der Waals surface area contributed by atoms with Gasteiger partial charge in [-0.2, -0.15) is 0 Å². The highest BCUT2D eigenvalue weighted by atomic mass is 32.2. The van der Waals surface area contributed by atoms with Crippen molar-refractivity contribution in [2.24, 2.45) is 0 Å². The molecule has 1 N–H and O–H groups in total. The van der Waals surface area contributed by atoms with E-state index in [1.54, 1.807) is 34.9 Å². The Kier molecular flexibility index (Phi) is 5.78. The van der Waals surface area contributed by atoms with Gasteiger partial charge in [-0.1, -0.05) is 48.2 Å². The van der Waals surface area contributed by atoms with Crippen molar-refractivity contribution >= 4 is 40.8 Å². The first-order valence-electron chi connectivity index (χ1n) is 6.20. The van der Waals surface area contributed by atoms with Crippen LogP contribution in [-0.2, 0) is 4.79 Å². The molecule has 1 aliphatic rings. The summed E-state index contributed by atoms with van der Waals surface area (Å²) in [6, 6.07) is 0. The molecule has 0 unspecified atom stereocenters. The fraction of sp³-hybridized carbons (Fsp3) is 0.727. The second kappa shape index (κ2) is 7.35. The number of carbonyl (C=O) groups excluding carboxylic acids is 1. The predicted octanol–water partition coefficient (Wildman–Crippen LogP) is 2.80. The molecule has 0 aliphatic carbocycles. The zero-order valence-electron chi connectivity index (χ0n) is 10.3. The summed E-state index contributed by atoms with van der Waals surface area (Å²) in [6.45, 7) is 2.96. The van der Waals surface area contributed by atoms with Crippen molar-refractivity contribution in [2.45, 2.75) is 46.5 Å². The molecule has 7 heteroatoms. The third-order valence-electron chi connectivity index (χ3n) is 2.55. The highest BCUT2D eigenvalue weighted by Gasteiger charge is 2.23. The Labute approximate surface area is 120 Å². The highest BCUT2D eigenvalue weighted by Crippen LogP contribution is 2.33. The van der Waals surface area contributed by atoms with Crippen LogP contribution in [0.4, 0.5) is 0 Å². The van der Waals surface area contributed by atoms with E-state index in [9.17, 15) is 4.79 Å². The third kappa shape index (κ3) is 4.13.